The lowest BCUT2D eigenvalue weighted by molar-refractivity contribution is 0.350. The van der Waals surface area contributed by atoms with Crippen LogP contribution in [0.4, 0.5) is 5.82 Å². The average molecular weight is 346 g/mol. The van der Waals surface area contributed by atoms with E-state index in [0.29, 0.717) is 12.5 Å². The molecule has 0 fully saturated rings. The molecule has 6 heteroatoms. The van der Waals surface area contributed by atoms with Crippen molar-refractivity contribution >= 4 is 5.82 Å². The summed E-state index contributed by atoms with van der Waals surface area (Å²) in [5, 5.41) is 8.24. The Balaban J connectivity index is 2.20. The number of para-hydroxylation sites is 1. The number of nitrogens with zero attached hydrogens (tertiary/aromatic N) is 3. The zero-order valence-electron chi connectivity index (χ0n) is 16.4. The van der Waals surface area contributed by atoms with Crippen LogP contribution in [0.15, 0.2) is 18.2 Å². The Morgan fingerprint density at radius 2 is 1.88 bits per heavy atom. The molecule has 2 rings (SSSR count). The van der Waals surface area contributed by atoms with E-state index >= 15 is 0 Å². The van der Waals surface area contributed by atoms with Crippen LogP contribution in [0, 0.1) is 0 Å². The molecule has 1 aromatic carbocycles. The van der Waals surface area contributed by atoms with E-state index in [1.54, 1.807) is 14.2 Å². The highest BCUT2D eigenvalue weighted by molar-refractivity contribution is 5.50. The summed E-state index contributed by atoms with van der Waals surface area (Å²) in [5.41, 5.74) is 3.45. The number of rotatable bonds is 8. The quantitative estimate of drug-likeness (QED) is 0.796. The Morgan fingerprint density at radius 1 is 1.16 bits per heavy atom. The van der Waals surface area contributed by atoms with Crippen molar-refractivity contribution in [3.8, 4) is 11.5 Å². The first-order valence-electron chi connectivity index (χ1n) is 8.54. The third-order valence-corrected chi connectivity index (χ3v) is 4.22. The van der Waals surface area contributed by atoms with Gasteiger partial charge in [-0.2, -0.15) is 5.10 Å². The van der Waals surface area contributed by atoms with Gasteiger partial charge in [0.05, 0.1) is 19.9 Å². The molecule has 0 saturated heterocycles. The standard InChI is InChI=1S/C19H30N4O2/c1-13(2)17-15(19(22(3)4)23(5)21-17)12-20-11-14-9-8-10-16(24-6)18(14)25-7/h8-10,13,20H,11-12H2,1-7H3. The largest absolute Gasteiger partial charge is 0.493 e. The van der Waals surface area contributed by atoms with Crippen molar-refractivity contribution in [1.82, 2.24) is 15.1 Å². The Labute approximate surface area is 150 Å². The number of ether oxygens (including phenoxy) is 2. The van der Waals surface area contributed by atoms with Gasteiger partial charge < -0.3 is 19.7 Å². The fourth-order valence-corrected chi connectivity index (χ4v) is 3.19. The van der Waals surface area contributed by atoms with Crippen LogP contribution in [0.25, 0.3) is 0 Å². The Bertz CT molecular complexity index is 708. The molecule has 0 aliphatic rings. The van der Waals surface area contributed by atoms with Crippen molar-refractivity contribution in [2.45, 2.75) is 32.9 Å². The first-order chi connectivity index (χ1) is 11.9. The minimum atomic E-state index is 0.378. The van der Waals surface area contributed by atoms with E-state index in [0.717, 1.165) is 35.1 Å². The second kappa shape index (κ2) is 8.25. The van der Waals surface area contributed by atoms with Gasteiger partial charge in [-0.15, -0.1) is 0 Å². The normalized spacial score (nSPS) is 11.0. The number of benzene rings is 1. The van der Waals surface area contributed by atoms with Crippen molar-refractivity contribution in [2.75, 3.05) is 33.2 Å². The molecule has 0 spiro atoms. The van der Waals surface area contributed by atoms with Crippen molar-refractivity contribution in [2.24, 2.45) is 7.05 Å². The maximum absolute atomic E-state index is 5.51. The maximum atomic E-state index is 5.51. The van der Waals surface area contributed by atoms with Gasteiger partial charge in [0, 0.05) is 45.4 Å². The van der Waals surface area contributed by atoms with Gasteiger partial charge in [0.25, 0.3) is 0 Å². The molecule has 0 amide bonds. The minimum Gasteiger partial charge on any atom is -0.493 e. The summed E-state index contributed by atoms with van der Waals surface area (Å²) in [5.74, 6) is 3.04. The predicted octanol–water partition coefficient (Wildman–Crippen LogP) is 2.92. The molecule has 0 aliphatic heterocycles. The van der Waals surface area contributed by atoms with Crippen molar-refractivity contribution in [3.63, 3.8) is 0 Å². The molecule has 138 valence electrons. The molecule has 0 atom stereocenters. The third-order valence-electron chi connectivity index (χ3n) is 4.22. The van der Waals surface area contributed by atoms with Crippen LogP contribution in [-0.2, 0) is 20.1 Å². The van der Waals surface area contributed by atoms with Crippen molar-refractivity contribution < 1.29 is 9.47 Å². The fraction of sp³-hybridized carbons (Fsp3) is 0.526. The Kier molecular flexibility index (Phi) is 6.31. The van der Waals surface area contributed by atoms with Gasteiger partial charge in [-0.25, -0.2) is 0 Å². The van der Waals surface area contributed by atoms with E-state index < -0.39 is 0 Å². The summed E-state index contributed by atoms with van der Waals surface area (Å²) in [4.78, 5) is 2.11. The van der Waals surface area contributed by atoms with Crippen molar-refractivity contribution in [3.05, 3.63) is 35.0 Å². The van der Waals surface area contributed by atoms with Crippen LogP contribution in [0.5, 0.6) is 11.5 Å². The molecule has 1 N–H and O–H groups in total. The SMILES string of the molecule is COc1cccc(CNCc2c(C(C)C)nn(C)c2N(C)C)c1OC. The summed E-state index contributed by atoms with van der Waals surface area (Å²) in [6.07, 6.45) is 0. The highest BCUT2D eigenvalue weighted by Crippen LogP contribution is 2.31. The monoisotopic (exact) mass is 346 g/mol. The van der Waals surface area contributed by atoms with Crippen LogP contribution in [0.2, 0.25) is 0 Å². The number of aryl methyl sites for hydroxylation is 1. The molecular weight excluding hydrogens is 316 g/mol. The second-order valence-corrected chi connectivity index (χ2v) is 6.62. The molecular formula is C19H30N4O2. The maximum Gasteiger partial charge on any atom is 0.165 e. The highest BCUT2D eigenvalue weighted by Gasteiger charge is 2.19. The lowest BCUT2D eigenvalue weighted by Gasteiger charge is -2.17. The lowest BCUT2D eigenvalue weighted by Crippen LogP contribution is -2.19. The average Bonchev–Trinajstić information content (AvgIpc) is 2.91. The van der Waals surface area contributed by atoms with Crippen LogP contribution in [0.3, 0.4) is 0 Å². The molecule has 6 nitrogen and oxygen atoms in total. The number of aromatic nitrogens is 2. The zero-order valence-corrected chi connectivity index (χ0v) is 16.4. The molecule has 0 aliphatic carbocycles. The lowest BCUT2D eigenvalue weighted by atomic mass is 10.1. The van der Waals surface area contributed by atoms with Crippen LogP contribution in [0.1, 0.15) is 36.6 Å². The van der Waals surface area contributed by atoms with Gasteiger partial charge >= 0.3 is 0 Å². The molecule has 0 bridgehead atoms. The molecule has 2 aromatic rings. The van der Waals surface area contributed by atoms with E-state index in [4.69, 9.17) is 14.6 Å². The van der Waals surface area contributed by atoms with E-state index in [-0.39, 0.29) is 0 Å². The van der Waals surface area contributed by atoms with E-state index in [2.05, 4.69) is 38.2 Å². The number of hydrogen-bond acceptors (Lipinski definition) is 5. The van der Waals surface area contributed by atoms with Gasteiger partial charge in [-0.3, -0.25) is 4.68 Å². The number of nitrogens with one attached hydrogen (secondary N) is 1. The van der Waals surface area contributed by atoms with Crippen LogP contribution < -0.4 is 19.7 Å². The summed E-state index contributed by atoms with van der Waals surface area (Å²) in [7, 11) is 9.42. The van der Waals surface area contributed by atoms with Gasteiger partial charge in [-0.05, 0) is 12.0 Å². The summed E-state index contributed by atoms with van der Waals surface area (Å²) < 4.78 is 12.8. The third kappa shape index (κ3) is 4.07. The van der Waals surface area contributed by atoms with Crippen molar-refractivity contribution in [1.29, 1.82) is 0 Å². The van der Waals surface area contributed by atoms with E-state index in [1.807, 2.05) is 29.9 Å². The summed E-state index contributed by atoms with van der Waals surface area (Å²) in [6.45, 7) is 5.79. The van der Waals surface area contributed by atoms with Gasteiger partial charge in [0.1, 0.15) is 5.82 Å². The molecule has 1 heterocycles. The minimum absolute atomic E-state index is 0.378. The first kappa shape index (κ1) is 19.1. The number of anilines is 1. The molecule has 0 saturated carbocycles. The zero-order chi connectivity index (χ0) is 18.6. The molecule has 1 aromatic heterocycles. The van der Waals surface area contributed by atoms with Gasteiger partial charge in [-0.1, -0.05) is 26.0 Å². The summed E-state index contributed by atoms with van der Waals surface area (Å²) >= 11 is 0. The second-order valence-electron chi connectivity index (χ2n) is 6.62. The molecule has 0 radical (unpaired) electrons. The van der Waals surface area contributed by atoms with E-state index in [9.17, 15) is 0 Å². The van der Waals surface area contributed by atoms with Gasteiger partial charge in [0.2, 0.25) is 0 Å². The predicted molar refractivity (Wildman–Crippen MR) is 102 cm³/mol. The molecule has 25 heavy (non-hydrogen) atoms. The van der Waals surface area contributed by atoms with E-state index in [1.165, 1.54) is 5.56 Å². The molecule has 0 unspecified atom stereocenters. The number of methoxy groups -OCH3 is 2. The smallest absolute Gasteiger partial charge is 0.165 e. The summed E-state index contributed by atoms with van der Waals surface area (Å²) in [6, 6.07) is 5.94. The highest BCUT2D eigenvalue weighted by atomic mass is 16.5. The Morgan fingerprint density at radius 3 is 2.44 bits per heavy atom. The first-order valence-corrected chi connectivity index (χ1v) is 8.54. The van der Waals surface area contributed by atoms with Gasteiger partial charge in [0.15, 0.2) is 11.5 Å². The Hall–Kier alpha value is -2.21. The number of hydrogen-bond donors (Lipinski definition) is 1. The fourth-order valence-electron chi connectivity index (χ4n) is 3.19. The van der Waals surface area contributed by atoms with Crippen LogP contribution >= 0.6 is 0 Å². The topological polar surface area (TPSA) is 51.5 Å². The van der Waals surface area contributed by atoms with Crippen LogP contribution in [-0.4, -0.2) is 38.1 Å².